The van der Waals surface area contributed by atoms with E-state index in [-0.39, 0.29) is 17.2 Å². The number of nitrogen functional groups attached to an aromatic ring is 1. The van der Waals surface area contributed by atoms with Crippen molar-refractivity contribution < 1.29 is 13.2 Å². The topological polar surface area (TPSA) is 141 Å². The third kappa shape index (κ3) is 4.22. The molecule has 0 spiro atoms. The molecule has 0 aliphatic rings. The zero-order valence-corrected chi connectivity index (χ0v) is 10.5. The van der Waals surface area contributed by atoms with Crippen molar-refractivity contribution in [2.75, 3.05) is 17.6 Å². The lowest BCUT2D eigenvalue weighted by atomic mass is 10.2. The maximum atomic E-state index is 11.2. The van der Waals surface area contributed by atoms with Gasteiger partial charge in [0, 0.05) is 13.0 Å². The van der Waals surface area contributed by atoms with Gasteiger partial charge in [0.1, 0.15) is 0 Å². The Labute approximate surface area is 105 Å². The quantitative estimate of drug-likeness (QED) is 0.411. The molecule has 0 bridgehead atoms. The van der Waals surface area contributed by atoms with Gasteiger partial charge in [-0.2, -0.15) is 0 Å². The molecule has 0 atom stereocenters. The van der Waals surface area contributed by atoms with Crippen LogP contribution < -0.4 is 21.9 Å². The van der Waals surface area contributed by atoms with Gasteiger partial charge in [0.05, 0.1) is 16.3 Å². The van der Waals surface area contributed by atoms with Crippen LogP contribution >= 0.6 is 0 Å². The van der Waals surface area contributed by atoms with Crippen LogP contribution in [0.3, 0.4) is 0 Å². The molecule has 0 saturated carbocycles. The number of amides is 1. The molecular formula is C10H16N4O3S. The van der Waals surface area contributed by atoms with Gasteiger partial charge in [0.15, 0.2) is 0 Å². The predicted octanol–water partition coefficient (Wildman–Crippen LogP) is -0.406. The summed E-state index contributed by atoms with van der Waals surface area (Å²) in [6.07, 6.45) is 0.788. The summed E-state index contributed by atoms with van der Waals surface area (Å²) in [6, 6.07) is 4.14. The Hall–Kier alpha value is -1.80. The summed E-state index contributed by atoms with van der Waals surface area (Å²) in [4.78, 5) is 10.5. The molecule has 8 heteroatoms. The van der Waals surface area contributed by atoms with Gasteiger partial charge >= 0.3 is 0 Å². The highest BCUT2D eigenvalue weighted by Crippen LogP contribution is 2.22. The standard InChI is InChI=1S/C10H16N4O3S/c11-8-4-3-7(18(13,16)17)6-9(8)14-5-1-2-10(12)15/h3-4,6,14H,1-2,5,11H2,(H2,12,15)(H2,13,16,17). The first-order valence-corrected chi connectivity index (χ1v) is 6.80. The number of rotatable bonds is 6. The van der Waals surface area contributed by atoms with Gasteiger partial charge in [-0.05, 0) is 24.6 Å². The Bertz CT molecular complexity index is 542. The van der Waals surface area contributed by atoms with E-state index < -0.39 is 10.0 Å². The van der Waals surface area contributed by atoms with Crippen molar-refractivity contribution >= 4 is 27.3 Å². The second-order valence-electron chi connectivity index (χ2n) is 3.79. The molecule has 0 saturated heterocycles. The fourth-order valence-corrected chi connectivity index (χ4v) is 1.89. The number of carbonyl (C=O) groups excluding carboxylic acids is 1. The molecule has 7 N–H and O–H groups in total. The molecule has 0 unspecified atom stereocenters. The number of hydrogen-bond donors (Lipinski definition) is 4. The first-order valence-electron chi connectivity index (χ1n) is 5.25. The molecule has 0 aliphatic carbocycles. The van der Waals surface area contributed by atoms with Gasteiger partial charge in [-0.1, -0.05) is 0 Å². The van der Waals surface area contributed by atoms with Gasteiger partial charge in [-0.3, -0.25) is 4.79 Å². The lowest BCUT2D eigenvalue weighted by Crippen LogP contribution is -2.14. The van der Waals surface area contributed by atoms with Crippen molar-refractivity contribution in [2.45, 2.75) is 17.7 Å². The third-order valence-corrected chi connectivity index (χ3v) is 3.18. The Morgan fingerprint density at radius 1 is 1.33 bits per heavy atom. The summed E-state index contributed by atoms with van der Waals surface area (Å²) < 4.78 is 22.3. The SMILES string of the molecule is NC(=O)CCCNc1cc(S(N)(=O)=O)ccc1N. The second-order valence-corrected chi connectivity index (χ2v) is 5.35. The minimum absolute atomic E-state index is 0.0194. The summed E-state index contributed by atoms with van der Waals surface area (Å²) in [6.45, 7) is 0.460. The number of sulfonamides is 1. The van der Waals surface area contributed by atoms with Crippen molar-refractivity contribution in [3.05, 3.63) is 18.2 Å². The number of nitrogens with one attached hydrogen (secondary N) is 1. The number of benzene rings is 1. The Kier molecular flexibility index (Phi) is 4.51. The summed E-state index contributed by atoms with van der Waals surface area (Å²) in [5.41, 5.74) is 11.5. The van der Waals surface area contributed by atoms with Gasteiger partial charge in [0.25, 0.3) is 0 Å². The molecule has 0 heterocycles. The summed E-state index contributed by atoms with van der Waals surface area (Å²) in [7, 11) is -3.76. The van der Waals surface area contributed by atoms with Crippen molar-refractivity contribution in [3.63, 3.8) is 0 Å². The molecule has 100 valence electrons. The predicted molar refractivity (Wildman–Crippen MR) is 69.1 cm³/mol. The van der Waals surface area contributed by atoms with Crippen LogP contribution in [0.5, 0.6) is 0 Å². The molecule has 0 fully saturated rings. The molecule has 7 nitrogen and oxygen atoms in total. The van der Waals surface area contributed by atoms with Crippen LogP contribution in [0, 0.1) is 0 Å². The lowest BCUT2D eigenvalue weighted by molar-refractivity contribution is -0.118. The fourth-order valence-electron chi connectivity index (χ4n) is 1.35. The summed E-state index contributed by atoms with van der Waals surface area (Å²) >= 11 is 0. The Morgan fingerprint density at radius 3 is 2.56 bits per heavy atom. The summed E-state index contributed by atoms with van der Waals surface area (Å²) in [5, 5.41) is 7.94. The highest BCUT2D eigenvalue weighted by Gasteiger charge is 2.10. The smallest absolute Gasteiger partial charge is 0.238 e. The van der Waals surface area contributed by atoms with E-state index in [0.29, 0.717) is 24.3 Å². The van der Waals surface area contributed by atoms with E-state index in [9.17, 15) is 13.2 Å². The molecular weight excluding hydrogens is 256 g/mol. The number of nitrogens with two attached hydrogens (primary N) is 3. The van der Waals surface area contributed by atoms with Gasteiger partial charge in [-0.15, -0.1) is 0 Å². The number of primary sulfonamides is 1. The highest BCUT2D eigenvalue weighted by atomic mass is 32.2. The maximum Gasteiger partial charge on any atom is 0.238 e. The Balaban J connectivity index is 2.73. The van der Waals surface area contributed by atoms with E-state index in [0.717, 1.165) is 0 Å². The molecule has 0 radical (unpaired) electrons. The molecule has 0 aliphatic heterocycles. The fraction of sp³-hybridized carbons (Fsp3) is 0.300. The van der Waals surface area contributed by atoms with Gasteiger partial charge < -0.3 is 16.8 Å². The van der Waals surface area contributed by atoms with E-state index in [1.165, 1.54) is 18.2 Å². The maximum absolute atomic E-state index is 11.2. The van der Waals surface area contributed by atoms with Crippen LogP contribution in [-0.4, -0.2) is 20.9 Å². The zero-order valence-electron chi connectivity index (χ0n) is 9.72. The van der Waals surface area contributed by atoms with Crippen molar-refractivity contribution in [1.82, 2.24) is 0 Å². The number of carbonyl (C=O) groups is 1. The minimum Gasteiger partial charge on any atom is -0.397 e. The van der Waals surface area contributed by atoms with E-state index in [4.69, 9.17) is 16.6 Å². The van der Waals surface area contributed by atoms with Crippen molar-refractivity contribution in [1.29, 1.82) is 0 Å². The molecule has 1 amide bonds. The zero-order chi connectivity index (χ0) is 13.8. The number of anilines is 2. The number of primary amides is 1. The first-order chi connectivity index (χ1) is 8.30. The number of hydrogen-bond acceptors (Lipinski definition) is 5. The van der Waals surface area contributed by atoms with E-state index in [1.807, 2.05) is 0 Å². The lowest BCUT2D eigenvalue weighted by Gasteiger charge is -2.10. The molecule has 0 aromatic heterocycles. The van der Waals surface area contributed by atoms with Crippen LogP contribution in [-0.2, 0) is 14.8 Å². The monoisotopic (exact) mass is 272 g/mol. The van der Waals surface area contributed by atoms with E-state index in [1.54, 1.807) is 0 Å². The van der Waals surface area contributed by atoms with Gasteiger partial charge in [0.2, 0.25) is 15.9 Å². The molecule has 1 aromatic carbocycles. The third-order valence-electron chi connectivity index (χ3n) is 2.27. The van der Waals surface area contributed by atoms with Crippen molar-refractivity contribution in [2.24, 2.45) is 10.9 Å². The average molecular weight is 272 g/mol. The van der Waals surface area contributed by atoms with E-state index in [2.05, 4.69) is 5.32 Å². The van der Waals surface area contributed by atoms with Crippen LogP contribution in [0.2, 0.25) is 0 Å². The van der Waals surface area contributed by atoms with E-state index >= 15 is 0 Å². The van der Waals surface area contributed by atoms with Crippen molar-refractivity contribution in [3.8, 4) is 0 Å². The van der Waals surface area contributed by atoms with Gasteiger partial charge in [-0.25, -0.2) is 13.6 Å². The average Bonchev–Trinajstić information content (AvgIpc) is 2.24. The molecule has 1 aromatic rings. The molecule has 18 heavy (non-hydrogen) atoms. The van der Waals surface area contributed by atoms with Crippen LogP contribution in [0.15, 0.2) is 23.1 Å². The second kappa shape index (κ2) is 5.69. The van der Waals surface area contributed by atoms with Crippen LogP contribution in [0.25, 0.3) is 0 Å². The normalized spacial score (nSPS) is 11.2. The first kappa shape index (κ1) is 14.3. The minimum atomic E-state index is -3.76. The molecule has 1 rings (SSSR count). The summed E-state index contributed by atoms with van der Waals surface area (Å²) in [5.74, 6) is -0.386. The van der Waals surface area contributed by atoms with Crippen LogP contribution in [0.4, 0.5) is 11.4 Å². The Morgan fingerprint density at radius 2 is 2.00 bits per heavy atom. The van der Waals surface area contributed by atoms with Crippen LogP contribution in [0.1, 0.15) is 12.8 Å². The highest BCUT2D eigenvalue weighted by molar-refractivity contribution is 7.89. The largest absolute Gasteiger partial charge is 0.397 e.